The molecule has 3 saturated heterocycles. The molecule has 0 aromatic carbocycles. The number of amides is 1. The maximum Gasteiger partial charge on any atom is 0.220 e. The molecule has 0 bridgehead atoms. The average Bonchev–Trinajstić information content (AvgIpc) is 0.781. The van der Waals surface area contributed by atoms with E-state index in [1.807, 2.05) is 6.08 Å². The summed E-state index contributed by atoms with van der Waals surface area (Å²) in [5.74, 6) is -0.296. The summed E-state index contributed by atoms with van der Waals surface area (Å²) in [6, 6.07) is -1.01. The summed E-state index contributed by atoms with van der Waals surface area (Å²) >= 11 is 0. The molecule has 0 aromatic rings. The molecule has 3 heterocycles. The van der Waals surface area contributed by atoms with Crippen LogP contribution in [0, 0.1) is 0 Å². The van der Waals surface area contributed by atoms with Gasteiger partial charge in [-0.1, -0.05) is 277 Å². The van der Waals surface area contributed by atoms with Gasteiger partial charge in [0.1, 0.15) is 73.2 Å². The van der Waals surface area contributed by atoms with E-state index in [0.717, 1.165) is 103 Å². The van der Waals surface area contributed by atoms with Gasteiger partial charge in [0.2, 0.25) is 5.91 Å². The minimum Gasteiger partial charge on any atom is -0.394 e. The van der Waals surface area contributed by atoms with Gasteiger partial charge in [0, 0.05) is 6.42 Å². The quantitative estimate of drug-likeness (QED) is 0.0199. The number of carbonyl (C=O) groups excluding carboxylic acids is 1. The highest BCUT2D eigenvalue weighted by molar-refractivity contribution is 5.76. The van der Waals surface area contributed by atoms with Crippen molar-refractivity contribution in [1.29, 1.82) is 0 Å². The maximum atomic E-state index is 13.5. The van der Waals surface area contributed by atoms with E-state index in [1.165, 1.54) is 128 Å². The van der Waals surface area contributed by atoms with E-state index in [4.69, 9.17) is 28.4 Å². The molecule has 0 radical (unpaired) electrons. The molecule has 0 spiro atoms. The van der Waals surface area contributed by atoms with Gasteiger partial charge >= 0.3 is 0 Å². The first-order valence-electron chi connectivity index (χ1n) is 39.8. The summed E-state index contributed by atoms with van der Waals surface area (Å²) in [7, 11) is 0. The zero-order chi connectivity index (χ0) is 73.9. The molecule has 3 fully saturated rings. The van der Waals surface area contributed by atoms with Gasteiger partial charge in [0.25, 0.3) is 0 Å². The Labute approximate surface area is 614 Å². The van der Waals surface area contributed by atoms with Gasteiger partial charge in [0.05, 0.1) is 38.6 Å². The highest BCUT2D eigenvalue weighted by atomic mass is 16.8. The predicted octanol–water partition coefficient (Wildman–Crippen LogP) is 13.1. The molecule has 19 heteroatoms. The van der Waals surface area contributed by atoms with E-state index in [1.54, 1.807) is 6.08 Å². The number of ether oxygens (including phenoxy) is 6. The third-order valence-electron chi connectivity index (χ3n) is 19.0. The molecule has 12 N–H and O–H groups in total. The minimum atomic E-state index is -1.99. The van der Waals surface area contributed by atoms with Crippen molar-refractivity contribution in [1.82, 2.24) is 5.32 Å². The first kappa shape index (κ1) is 92.4. The van der Waals surface area contributed by atoms with Gasteiger partial charge in [-0.3, -0.25) is 4.79 Å². The summed E-state index contributed by atoms with van der Waals surface area (Å²) in [5, 5.41) is 121. The van der Waals surface area contributed by atoms with Crippen molar-refractivity contribution < 1.29 is 89.4 Å². The average molecular weight is 1440 g/mol. The van der Waals surface area contributed by atoms with Crippen LogP contribution in [-0.4, -0.2) is 193 Å². The molecule has 17 unspecified atom stereocenters. The molecule has 586 valence electrons. The molecule has 3 rings (SSSR count). The number of hydrogen-bond donors (Lipinski definition) is 12. The number of hydrogen-bond acceptors (Lipinski definition) is 18. The zero-order valence-electron chi connectivity index (χ0n) is 62.5. The van der Waals surface area contributed by atoms with Crippen molar-refractivity contribution in [2.75, 3.05) is 26.4 Å². The molecule has 3 aliphatic heterocycles. The summed E-state index contributed by atoms with van der Waals surface area (Å²) in [5.41, 5.74) is 0. The fraction of sp³-hybridized carbons (Fsp3) is 0.747. The molecule has 102 heavy (non-hydrogen) atoms. The molecule has 3 aliphatic rings. The highest BCUT2D eigenvalue weighted by Crippen LogP contribution is 2.33. The van der Waals surface area contributed by atoms with Gasteiger partial charge in [-0.25, -0.2) is 0 Å². The Morgan fingerprint density at radius 2 is 0.686 bits per heavy atom. The van der Waals surface area contributed by atoms with Crippen molar-refractivity contribution in [3.8, 4) is 0 Å². The summed E-state index contributed by atoms with van der Waals surface area (Å²) < 4.78 is 34.4. The van der Waals surface area contributed by atoms with Crippen LogP contribution in [0.15, 0.2) is 122 Å². The lowest BCUT2D eigenvalue weighted by molar-refractivity contribution is -0.379. The second kappa shape index (κ2) is 62.3. The molecule has 1 amide bonds. The van der Waals surface area contributed by atoms with E-state index in [2.05, 4.69) is 129 Å². The molecule has 0 saturated carbocycles. The summed E-state index contributed by atoms with van der Waals surface area (Å²) in [6.45, 7) is 1.60. The lowest BCUT2D eigenvalue weighted by atomic mass is 9.96. The lowest BCUT2D eigenvalue weighted by Crippen LogP contribution is -2.66. The van der Waals surface area contributed by atoms with E-state index >= 15 is 0 Å². The monoisotopic (exact) mass is 1440 g/mol. The largest absolute Gasteiger partial charge is 0.394 e. The van der Waals surface area contributed by atoms with Crippen LogP contribution in [0.25, 0.3) is 0 Å². The van der Waals surface area contributed by atoms with Crippen LogP contribution in [-0.2, 0) is 33.2 Å². The number of rotatable bonds is 61. The Morgan fingerprint density at radius 3 is 1.10 bits per heavy atom. The van der Waals surface area contributed by atoms with Crippen LogP contribution in [0.2, 0.25) is 0 Å². The number of unbranched alkanes of at least 4 members (excludes halogenated alkanes) is 27. The third kappa shape index (κ3) is 41.9. The Balaban J connectivity index is 1.40. The third-order valence-corrected chi connectivity index (χ3v) is 19.0. The molecule has 0 aromatic heterocycles. The summed E-state index contributed by atoms with van der Waals surface area (Å²) in [6.07, 6.45) is 60.3. The molecule has 0 aliphatic carbocycles. The Morgan fingerprint density at radius 1 is 0.363 bits per heavy atom. The van der Waals surface area contributed by atoms with E-state index in [-0.39, 0.29) is 18.9 Å². The topological polar surface area (TPSA) is 307 Å². The van der Waals surface area contributed by atoms with Crippen LogP contribution >= 0.6 is 0 Å². The van der Waals surface area contributed by atoms with E-state index in [9.17, 15) is 61.0 Å². The predicted molar refractivity (Wildman–Crippen MR) is 406 cm³/mol. The summed E-state index contributed by atoms with van der Waals surface area (Å²) in [4.78, 5) is 13.5. The van der Waals surface area contributed by atoms with E-state index in [0.29, 0.717) is 12.8 Å². The van der Waals surface area contributed by atoms with Crippen molar-refractivity contribution >= 4 is 5.91 Å². The highest BCUT2D eigenvalue weighted by Gasteiger charge is 2.53. The maximum absolute atomic E-state index is 13.5. The van der Waals surface area contributed by atoms with Gasteiger partial charge in [0.15, 0.2) is 18.9 Å². The van der Waals surface area contributed by atoms with Crippen LogP contribution in [0.4, 0.5) is 0 Å². The first-order chi connectivity index (χ1) is 49.8. The number of aliphatic hydroxyl groups excluding tert-OH is 11. The molecule has 19 nitrogen and oxygen atoms in total. The SMILES string of the molecule is CC/C=C\C/C=C\C/C=C\C/C=C\C/C=C\C/C=C\C/C=C\CCCCCCCCCCCCCC(=O)NC(COC1OC(CO)C(OC2OC(CO)C(OC3OC(CO)C(O)C(O)C3O)C(O)C2O)C(O)C1O)C(O)/C=C/CC/C=C/CC/C=C/CCCCCCCCCCCCCCCC. The number of allylic oxidation sites excluding steroid dienone is 19. The van der Waals surface area contributed by atoms with Crippen LogP contribution in [0.5, 0.6) is 0 Å². The van der Waals surface area contributed by atoms with Gasteiger partial charge in [-0.05, 0) is 103 Å². The minimum absolute atomic E-state index is 0.221. The van der Waals surface area contributed by atoms with Gasteiger partial charge in [-0.15, -0.1) is 0 Å². The van der Waals surface area contributed by atoms with Crippen molar-refractivity contribution in [2.24, 2.45) is 0 Å². The van der Waals surface area contributed by atoms with Crippen LogP contribution in [0.3, 0.4) is 0 Å². The normalized spacial score (nSPS) is 26.9. The zero-order valence-corrected chi connectivity index (χ0v) is 62.5. The standard InChI is InChI=1S/C83H141NO18/c1-3-5-7-9-11-13-15-17-19-21-23-25-27-29-30-31-32-33-34-35-36-37-39-41-43-45-47-49-51-53-55-57-59-61-71(89)84-66(67(88)60-58-56-54-52-50-48-46-44-42-40-38-28-26-24-22-20-18-16-14-12-10-8-6-4-2)65-97-81-77(95)74(92)79(69(63-86)99-81)102-83-78(96)75(93)80(70(64-87)100-83)101-82-76(94)73(91)72(90)68(62-85)98-82/h5,7,11,13,17,19,23,25,29-30,32-33,35-36,42,44,50,52,58,60,66-70,72-83,85-88,90-96H,3-4,6,8-10,12,14-16,18,20-22,24,26-28,31,34,37-41,43,45-49,51,53-57,59,61-65H2,1-2H3,(H,84,89)/b7-5-,13-11-,19-17-,25-23-,30-29-,33-32-,36-35-,44-42+,52-50+,60-58+. The van der Waals surface area contributed by atoms with Gasteiger partial charge < -0.3 is 89.9 Å². The van der Waals surface area contributed by atoms with E-state index < -0.39 is 124 Å². The second-order valence-corrected chi connectivity index (χ2v) is 27.8. The fourth-order valence-electron chi connectivity index (χ4n) is 12.6. The Bertz CT molecular complexity index is 2320. The molecule has 17 atom stereocenters. The first-order valence-corrected chi connectivity index (χ1v) is 39.8. The van der Waals surface area contributed by atoms with Crippen LogP contribution in [0.1, 0.15) is 264 Å². The lowest BCUT2D eigenvalue weighted by Gasteiger charge is -2.48. The van der Waals surface area contributed by atoms with Gasteiger partial charge in [-0.2, -0.15) is 0 Å². The number of nitrogens with one attached hydrogen (secondary N) is 1. The van der Waals surface area contributed by atoms with Crippen molar-refractivity contribution in [3.05, 3.63) is 122 Å². The van der Waals surface area contributed by atoms with Crippen molar-refractivity contribution in [3.63, 3.8) is 0 Å². The second-order valence-electron chi connectivity index (χ2n) is 27.8. The Kier molecular flexibility index (Phi) is 56.4. The fourth-order valence-corrected chi connectivity index (χ4v) is 12.6. The Hall–Kier alpha value is -3.81. The van der Waals surface area contributed by atoms with Crippen molar-refractivity contribution in [2.45, 2.75) is 369 Å². The number of carbonyl (C=O) groups is 1. The van der Waals surface area contributed by atoms with Crippen LogP contribution < -0.4 is 5.32 Å². The smallest absolute Gasteiger partial charge is 0.220 e. The molecular formula is C83H141NO18. The molecular weight excluding hydrogens is 1300 g/mol. The number of aliphatic hydroxyl groups is 11.